The largest absolute Gasteiger partial charge is 0.497 e. The van der Waals surface area contributed by atoms with E-state index in [9.17, 15) is 5.11 Å². The van der Waals surface area contributed by atoms with Crippen LogP contribution in [0.5, 0.6) is 17.2 Å². The van der Waals surface area contributed by atoms with Gasteiger partial charge in [0.1, 0.15) is 17.2 Å². The predicted octanol–water partition coefficient (Wildman–Crippen LogP) is 3.14. The molecule has 0 aliphatic heterocycles. The van der Waals surface area contributed by atoms with Crippen LogP contribution in [0.1, 0.15) is 19.4 Å². The summed E-state index contributed by atoms with van der Waals surface area (Å²) in [6, 6.07) is 7.49. The zero-order valence-electron chi connectivity index (χ0n) is 12.3. The molecule has 0 aliphatic rings. The summed E-state index contributed by atoms with van der Waals surface area (Å²) >= 11 is 0. The van der Waals surface area contributed by atoms with Crippen LogP contribution in [0.2, 0.25) is 0 Å². The van der Waals surface area contributed by atoms with Gasteiger partial charge >= 0.3 is 0 Å². The average Bonchev–Trinajstić information content (AvgIpc) is 2.44. The summed E-state index contributed by atoms with van der Waals surface area (Å²) in [6.45, 7) is 3.89. The maximum absolute atomic E-state index is 9.39. The molecule has 0 bridgehead atoms. The third-order valence-corrected chi connectivity index (χ3v) is 3.01. The molecule has 4 nitrogen and oxygen atoms in total. The van der Waals surface area contributed by atoms with E-state index < -0.39 is 0 Å². The second-order valence-corrected chi connectivity index (χ2v) is 4.85. The molecule has 0 saturated heterocycles. The molecule has 0 radical (unpaired) electrons. The van der Waals surface area contributed by atoms with E-state index in [0.717, 1.165) is 16.3 Å². The molecule has 0 aliphatic carbocycles. The summed E-state index contributed by atoms with van der Waals surface area (Å²) < 4.78 is 16.6. The van der Waals surface area contributed by atoms with Gasteiger partial charge in [0.15, 0.2) is 0 Å². The number of aliphatic hydroxyl groups excluding tert-OH is 1. The first kappa shape index (κ1) is 14.5. The fraction of sp³-hybridized carbons (Fsp3) is 0.375. The van der Waals surface area contributed by atoms with Gasteiger partial charge in [0.05, 0.1) is 32.3 Å². The van der Waals surface area contributed by atoms with E-state index in [2.05, 4.69) is 0 Å². The molecule has 0 aromatic heterocycles. The Bertz CT molecular complexity index is 600. The van der Waals surface area contributed by atoms with Crippen molar-refractivity contribution >= 4 is 10.8 Å². The quantitative estimate of drug-likeness (QED) is 0.911. The Labute approximate surface area is 118 Å². The van der Waals surface area contributed by atoms with Crippen molar-refractivity contribution in [2.24, 2.45) is 0 Å². The van der Waals surface area contributed by atoms with Gasteiger partial charge in [0.2, 0.25) is 0 Å². The molecule has 0 saturated carbocycles. The van der Waals surface area contributed by atoms with Gasteiger partial charge in [-0.1, -0.05) is 0 Å². The van der Waals surface area contributed by atoms with Gasteiger partial charge in [-0.25, -0.2) is 0 Å². The topological polar surface area (TPSA) is 47.9 Å². The van der Waals surface area contributed by atoms with Crippen LogP contribution in [0.3, 0.4) is 0 Å². The van der Waals surface area contributed by atoms with Gasteiger partial charge in [-0.3, -0.25) is 0 Å². The molecule has 0 atom stereocenters. The van der Waals surface area contributed by atoms with Gasteiger partial charge < -0.3 is 19.3 Å². The lowest BCUT2D eigenvalue weighted by Crippen LogP contribution is -2.07. The van der Waals surface area contributed by atoms with Gasteiger partial charge in [-0.2, -0.15) is 0 Å². The lowest BCUT2D eigenvalue weighted by Gasteiger charge is -2.17. The first-order chi connectivity index (χ1) is 9.58. The van der Waals surface area contributed by atoms with Crippen LogP contribution in [0.25, 0.3) is 10.8 Å². The normalized spacial score (nSPS) is 10.9. The molecule has 4 heteroatoms. The highest BCUT2D eigenvalue weighted by molar-refractivity contribution is 5.95. The first-order valence-electron chi connectivity index (χ1n) is 6.55. The van der Waals surface area contributed by atoms with E-state index in [1.54, 1.807) is 14.2 Å². The number of methoxy groups -OCH3 is 2. The van der Waals surface area contributed by atoms with E-state index in [0.29, 0.717) is 17.2 Å². The third-order valence-electron chi connectivity index (χ3n) is 3.01. The van der Waals surface area contributed by atoms with Crippen LogP contribution in [-0.2, 0) is 6.61 Å². The van der Waals surface area contributed by atoms with Gasteiger partial charge in [0, 0.05) is 6.07 Å². The highest BCUT2D eigenvalue weighted by Gasteiger charge is 2.13. The summed E-state index contributed by atoms with van der Waals surface area (Å²) in [4.78, 5) is 0. The minimum Gasteiger partial charge on any atom is -0.497 e. The molecular weight excluding hydrogens is 256 g/mol. The van der Waals surface area contributed by atoms with E-state index in [1.807, 2.05) is 38.1 Å². The number of ether oxygens (including phenoxy) is 3. The number of fused-ring (bicyclic) bond motifs is 1. The van der Waals surface area contributed by atoms with Crippen LogP contribution in [0.4, 0.5) is 0 Å². The van der Waals surface area contributed by atoms with Crippen molar-refractivity contribution < 1.29 is 19.3 Å². The van der Waals surface area contributed by atoms with Crippen LogP contribution < -0.4 is 14.2 Å². The molecule has 1 N–H and O–H groups in total. The highest BCUT2D eigenvalue weighted by Crippen LogP contribution is 2.38. The standard InChI is InChI=1S/C16H20O4/c1-10(2)20-15-6-11(9-17)5-12-7-13(18-3)8-14(19-4)16(12)15/h5-8,10,17H,9H2,1-4H3. The number of benzene rings is 2. The number of hydrogen-bond acceptors (Lipinski definition) is 4. The van der Waals surface area contributed by atoms with Crippen molar-refractivity contribution in [2.45, 2.75) is 26.6 Å². The van der Waals surface area contributed by atoms with Crippen LogP contribution in [0, 0.1) is 0 Å². The van der Waals surface area contributed by atoms with Crippen LogP contribution in [0.15, 0.2) is 24.3 Å². The first-order valence-corrected chi connectivity index (χ1v) is 6.55. The Morgan fingerprint density at radius 2 is 1.75 bits per heavy atom. The molecule has 0 fully saturated rings. The number of hydrogen-bond donors (Lipinski definition) is 1. The monoisotopic (exact) mass is 276 g/mol. The molecule has 20 heavy (non-hydrogen) atoms. The van der Waals surface area contributed by atoms with Gasteiger partial charge in [-0.15, -0.1) is 0 Å². The zero-order chi connectivity index (χ0) is 14.7. The Morgan fingerprint density at radius 3 is 2.30 bits per heavy atom. The summed E-state index contributed by atoms with van der Waals surface area (Å²) in [5.74, 6) is 2.11. The minimum atomic E-state index is -0.0378. The third kappa shape index (κ3) is 2.80. The lowest BCUT2D eigenvalue weighted by atomic mass is 10.0. The van der Waals surface area contributed by atoms with E-state index in [-0.39, 0.29) is 12.7 Å². The zero-order valence-corrected chi connectivity index (χ0v) is 12.3. The van der Waals surface area contributed by atoms with E-state index in [1.165, 1.54) is 0 Å². The maximum Gasteiger partial charge on any atom is 0.134 e. The lowest BCUT2D eigenvalue weighted by molar-refractivity contribution is 0.242. The molecule has 0 unspecified atom stereocenters. The smallest absolute Gasteiger partial charge is 0.134 e. The van der Waals surface area contributed by atoms with Crippen LogP contribution >= 0.6 is 0 Å². The predicted molar refractivity (Wildman–Crippen MR) is 78.7 cm³/mol. The summed E-state index contributed by atoms with van der Waals surface area (Å²) in [7, 11) is 3.23. The average molecular weight is 276 g/mol. The van der Waals surface area contributed by atoms with Crippen molar-refractivity contribution in [3.8, 4) is 17.2 Å². The molecular formula is C16H20O4. The molecule has 2 aromatic carbocycles. The summed E-state index contributed by atoms with van der Waals surface area (Å²) in [5.41, 5.74) is 0.795. The van der Waals surface area contributed by atoms with Crippen molar-refractivity contribution in [1.29, 1.82) is 0 Å². The second-order valence-electron chi connectivity index (χ2n) is 4.85. The number of rotatable bonds is 5. The fourth-order valence-corrected chi connectivity index (χ4v) is 2.19. The van der Waals surface area contributed by atoms with Gasteiger partial charge in [-0.05, 0) is 43.0 Å². The Kier molecular flexibility index (Phi) is 4.35. The second kappa shape index (κ2) is 6.01. The SMILES string of the molecule is COc1cc(OC)c2c(OC(C)C)cc(CO)cc2c1. The van der Waals surface area contributed by atoms with Crippen molar-refractivity contribution in [3.63, 3.8) is 0 Å². The Balaban J connectivity index is 2.74. The summed E-state index contributed by atoms with van der Waals surface area (Å²) in [5, 5.41) is 11.2. The van der Waals surface area contributed by atoms with Crippen molar-refractivity contribution in [2.75, 3.05) is 14.2 Å². The molecule has 2 rings (SSSR count). The van der Waals surface area contributed by atoms with E-state index >= 15 is 0 Å². The van der Waals surface area contributed by atoms with Crippen LogP contribution in [-0.4, -0.2) is 25.4 Å². The molecule has 108 valence electrons. The molecule has 0 amide bonds. The number of aliphatic hydroxyl groups is 1. The minimum absolute atomic E-state index is 0.0378. The maximum atomic E-state index is 9.39. The highest BCUT2D eigenvalue weighted by atomic mass is 16.5. The Morgan fingerprint density at radius 1 is 1.00 bits per heavy atom. The van der Waals surface area contributed by atoms with Gasteiger partial charge in [0.25, 0.3) is 0 Å². The molecule has 0 heterocycles. The van der Waals surface area contributed by atoms with Crippen molar-refractivity contribution in [3.05, 3.63) is 29.8 Å². The van der Waals surface area contributed by atoms with E-state index in [4.69, 9.17) is 14.2 Å². The molecule has 0 spiro atoms. The Hall–Kier alpha value is -1.94. The fourth-order valence-electron chi connectivity index (χ4n) is 2.19. The van der Waals surface area contributed by atoms with Crippen molar-refractivity contribution in [1.82, 2.24) is 0 Å². The summed E-state index contributed by atoms with van der Waals surface area (Å²) in [6.07, 6.45) is 0.0407. The molecule has 2 aromatic rings.